The number of carbonyl (C=O) groups is 2. The number of anilines is 1. The number of benzene rings is 3. The van der Waals surface area contributed by atoms with Crippen molar-refractivity contribution in [1.29, 1.82) is 0 Å². The van der Waals surface area contributed by atoms with Crippen LogP contribution in [0.1, 0.15) is 64.8 Å². The minimum Gasteiger partial charge on any atom is -0.479 e. The molecule has 1 atom stereocenters. The number of hydrogen-bond donors (Lipinski definition) is 2. The Balaban J connectivity index is 1.60. The Morgan fingerprint density at radius 3 is 2.22 bits per heavy atom. The predicted molar refractivity (Wildman–Crippen MR) is 146 cm³/mol. The molecule has 3 aromatic rings. The highest BCUT2D eigenvalue weighted by Gasteiger charge is 2.55. The van der Waals surface area contributed by atoms with Crippen LogP contribution in [0.15, 0.2) is 54.6 Å². The molecule has 1 aliphatic carbocycles. The second-order valence-corrected chi connectivity index (χ2v) is 10.3. The Morgan fingerprint density at radius 1 is 1.00 bits per heavy atom. The second kappa shape index (κ2) is 9.98. The molecule has 36 heavy (non-hydrogen) atoms. The molecule has 3 aromatic carbocycles. The van der Waals surface area contributed by atoms with Gasteiger partial charge in [0.25, 0.3) is 5.91 Å². The lowest BCUT2D eigenvalue weighted by Crippen LogP contribution is -2.45. The number of halogens is 1. The van der Waals surface area contributed by atoms with Crippen LogP contribution in [-0.2, 0) is 4.79 Å². The smallest absolute Gasteiger partial charge is 0.329 e. The van der Waals surface area contributed by atoms with Crippen molar-refractivity contribution < 1.29 is 14.7 Å². The monoisotopic (exact) mass is 504 g/mol. The van der Waals surface area contributed by atoms with Crippen molar-refractivity contribution in [3.8, 4) is 11.1 Å². The van der Waals surface area contributed by atoms with Crippen LogP contribution < -0.4 is 5.32 Å². The molecule has 1 saturated carbocycles. The van der Waals surface area contributed by atoms with Gasteiger partial charge in [0.1, 0.15) is 5.54 Å². The highest BCUT2D eigenvalue weighted by Crippen LogP contribution is 2.42. The molecule has 0 heterocycles. The molecule has 188 valence electrons. The number of rotatable bonds is 8. The Morgan fingerprint density at radius 2 is 1.67 bits per heavy atom. The molecular formula is C30H33ClN2O3. The summed E-state index contributed by atoms with van der Waals surface area (Å²) in [5, 5.41) is 14.0. The number of nitrogens with one attached hydrogen (secondary N) is 1. The first-order chi connectivity index (χ1) is 17.1. The van der Waals surface area contributed by atoms with Gasteiger partial charge in [0.05, 0.1) is 6.04 Å². The summed E-state index contributed by atoms with van der Waals surface area (Å²) in [6.07, 6.45) is 1.91. The third-order valence-electron chi connectivity index (χ3n) is 7.34. The van der Waals surface area contributed by atoms with Crippen molar-refractivity contribution in [2.75, 3.05) is 12.4 Å². The Hall–Kier alpha value is -3.31. The SMILES string of the molecule is CCC(Nc1cccc(-c2cc(C)c(C(=O)N(C)C3(C(=O)O)CC3)c(C)c2)c1)c1ccc(Cl)c(C)c1. The summed E-state index contributed by atoms with van der Waals surface area (Å²) >= 11 is 6.22. The summed E-state index contributed by atoms with van der Waals surface area (Å²) < 4.78 is 0. The maximum Gasteiger partial charge on any atom is 0.329 e. The van der Waals surface area contributed by atoms with Crippen LogP contribution in [0.2, 0.25) is 5.02 Å². The average Bonchev–Trinajstić information content (AvgIpc) is 3.66. The molecule has 0 aromatic heterocycles. The summed E-state index contributed by atoms with van der Waals surface area (Å²) in [5.41, 5.74) is 6.52. The first kappa shape index (κ1) is 25.8. The van der Waals surface area contributed by atoms with Crippen molar-refractivity contribution in [2.24, 2.45) is 0 Å². The molecule has 0 aliphatic heterocycles. The third kappa shape index (κ3) is 4.85. The maximum absolute atomic E-state index is 13.3. The normalized spacial score (nSPS) is 14.7. The lowest BCUT2D eigenvalue weighted by Gasteiger charge is -2.26. The van der Waals surface area contributed by atoms with E-state index in [1.807, 2.05) is 45.0 Å². The van der Waals surface area contributed by atoms with Gasteiger partial charge < -0.3 is 15.3 Å². The second-order valence-electron chi connectivity index (χ2n) is 9.88. The molecule has 4 rings (SSSR count). The van der Waals surface area contributed by atoms with E-state index in [4.69, 9.17) is 11.6 Å². The van der Waals surface area contributed by atoms with E-state index in [1.54, 1.807) is 7.05 Å². The molecule has 0 bridgehead atoms. The largest absolute Gasteiger partial charge is 0.479 e. The fraction of sp³-hybridized carbons (Fsp3) is 0.333. The zero-order chi connectivity index (χ0) is 26.2. The zero-order valence-corrected chi connectivity index (χ0v) is 22.2. The van der Waals surface area contributed by atoms with Crippen molar-refractivity contribution in [1.82, 2.24) is 4.90 Å². The number of amides is 1. The van der Waals surface area contributed by atoms with Crippen molar-refractivity contribution >= 4 is 29.2 Å². The summed E-state index contributed by atoms with van der Waals surface area (Å²) in [4.78, 5) is 26.4. The Kier molecular flexibility index (Phi) is 7.14. The van der Waals surface area contributed by atoms with Gasteiger partial charge in [-0.2, -0.15) is 0 Å². The van der Waals surface area contributed by atoms with E-state index in [0.29, 0.717) is 18.4 Å². The molecule has 0 spiro atoms. The van der Waals surface area contributed by atoms with E-state index < -0.39 is 11.5 Å². The van der Waals surface area contributed by atoms with E-state index in [0.717, 1.165) is 44.9 Å². The number of carboxylic acid groups (broad SMARTS) is 1. The molecule has 0 saturated heterocycles. The van der Waals surface area contributed by atoms with Crippen LogP contribution in [0.25, 0.3) is 11.1 Å². The number of carboxylic acids is 1. The first-order valence-corrected chi connectivity index (χ1v) is 12.7. The average molecular weight is 505 g/mol. The van der Waals surface area contributed by atoms with Gasteiger partial charge in [-0.1, -0.05) is 54.9 Å². The molecule has 1 amide bonds. The lowest BCUT2D eigenvalue weighted by molar-refractivity contribution is -0.143. The number of nitrogens with zero attached hydrogens (tertiary/aromatic N) is 1. The van der Waals surface area contributed by atoms with E-state index >= 15 is 0 Å². The van der Waals surface area contributed by atoms with Crippen molar-refractivity contribution in [3.63, 3.8) is 0 Å². The van der Waals surface area contributed by atoms with Gasteiger partial charge in [0.15, 0.2) is 0 Å². The molecule has 6 heteroatoms. The van der Waals surface area contributed by atoms with Gasteiger partial charge >= 0.3 is 5.97 Å². The fourth-order valence-corrected chi connectivity index (χ4v) is 5.05. The van der Waals surface area contributed by atoms with Crippen LogP contribution in [-0.4, -0.2) is 34.5 Å². The van der Waals surface area contributed by atoms with Crippen LogP contribution >= 0.6 is 11.6 Å². The Bertz CT molecular complexity index is 1310. The molecule has 1 unspecified atom stereocenters. The minimum atomic E-state index is -1.06. The zero-order valence-electron chi connectivity index (χ0n) is 21.5. The first-order valence-electron chi connectivity index (χ1n) is 12.3. The molecule has 0 radical (unpaired) electrons. The van der Waals surface area contributed by atoms with Crippen LogP contribution in [0.4, 0.5) is 5.69 Å². The topological polar surface area (TPSA) is 69.6 Å². The molecule has 1 fully saturated rings. The van der Waals surface area contributed by atoms with Gasteiger partial charge in [-0.05, 0) is 91.6 Å². The van der Waals surface area contributed by atoms with Gasteiger partial charge in [0, 0.05) is 23.3 Å². The summed E-state index contributed by atoms with van der Waals surface area (Å²) in [6, 6.07) is 18.6. The number of aryl methyl sites for hydroxylation is 3. The van der Waals surface area contributed by atoms with Gasteiger partial charge in [0.2, 0.25) is 0 Å². The van der Waals surface area contributed by atoms with E-state index in [2.05, 4.69) is 42.6 Å². The van der Waals surface area contributed by atoms with E-state index in [9.17, 15) is 14.7 Å². The molecule has 5 nitrogen and oxygen atoms in total. The van der Waals surface area contributed by atoms with E-state index in [-0.39, 0.29) is 11.9 Å². The lowest BCUT2D eigenvalue weighted by atomic mass is 9.94. The van der Waals surface area contributed by atoms with Crippen molar-refractivity contribution in [3.05, 3.63) is 87.4 Å². The standard InChI is InChI=1S/C30H33ClN2O3/c1-6-26(22-10-11-25(31)18(2)14-22)32-24-9-7-8-21(17-24)23-15-19(3)27(20(4)16-23)28(34)33(5)30(12-13-30)29(35)36/h7-11,14-17,26,32H,6,12-13H2,1-5H3,(H,35,36). The number of carbonyl (C=O) groups excluding carboxylic acids is 1. The number of likely N-dealkylation sites (N-methyl/N-ethyl adjacent to an activating group) is 1. The fourth-order valence-electron chi connectivity index (χ4n) is 4.94. The number of hydrogen-bond acceptors (Lipinski definition) is 3. The number of aliphatic carboxylic acids is 1. The van der Waals surface area contributed by atoms with Crippen LogP contribution in [0, 0.1) is 20.8 Å². The summed E-state index contributed by atoms with van der Waals surface area (Å²) in [5.74, 6) is -1.18. The summed E-state index contributed by atoms with van der Waals surface area (Å²) in [6.45, 7) is 8.00. The van der Waals surface area contributed by atoms with E-state index in [1.165, 1.54) is 10.5 Å². The molecular weight excluding hydrogens is 472 g/mol. The highest BCUT2D eigenvalue weighted by atomic mass is 35.5. The maximum atomic E-state index is 13.3. The summed E-state index contributed by atoms with van der Waals surface area (Å²) in [7, 11) is 1.59. The predicted octanol–water partition coefficient (Wildman–Crippen LogP) is 7.18. The van der Waals surface area contributed by atoms with Gasteiger partial charge in [-0.15, -0.1) is 0 Å². The Labute approximate surface area is 218 Å². The highest BCUT2D eigenvalue weighted by molar-refractivity contribution is 6.31. The van der Waals surface area contributed by atoms with Gasteiger partial charge in [-0.25, -0.2) is 4.79 Å². The molecule has 2 N–H and O–H groups in total. The minimum absolute atomic E-state index is 0.152. The quantitative estimate of drug-likeness (QED) is 0.340. The van der Waals surface area contributed by atoms with Crippen LogP contribution in [0.3, 0.4) is 0 Å². The third-order valence-corrected chi connectivity index (χ3v) is 7.77. The van der Waals surface area contributed by atoms with Crippen LogP contribution in [0.5, 0.6) is 0 Å². The van der Waals surface area contributed by atoms with Gasteiger partial charge in [-0.3, -0.25) is 4.79 Å². The molecule has 1 aliphatic rings. The van der Waals surface area contributed by atoms with Crippen molar-refractivity contribution in [2.45, 2.75) is 58.5 Å².